The summed E-state index contributed by atoms with van der Waals surface area (Å²) in [6, 6.07) is 0. The van der Waals surface area contributed by atoms with E-state index >= 15 is 0 Å². The van der Waals surface area contributed by atoms with Gasteiger partial charge >= 0.3 is 17.9 Å². The van der Waals surface area contributed by atoms with E-state index in [1.807, 2.05) is 0 Å². The Kier molecular flexibility index (Phi) is 50.0. The van der Waals surface area contributed by atoms with Gasteiger partial charge in [-0.05, 0) is 96.3 Å². The molecule has 6 nitrogen and oxygen atoms in total. The zero-order chi connectivity index (χ0) is 47.2. The van der Waals surface area contributed by atoms with E-state index in [4.69, 9.17) is 14.2 Å². The first-order valence-corrected chi connectivity index (χ1v) is 26.7. The highest BCUT2D eigenvalue weighted by Gasteiger charge is 2.19. The molecule has 0 aromatic heterocycles. The lowest BCUT2D eigenvalue weighted by Gasteiger charge is -2.18. The van der Waals surface area contributed by atoms with Gasteiger partial charge in [-0.2, -0.15) is 0 Å². The summed E-state index contributed by atoms with van der Waals surface area (Å²) in [5.74, 6) is -1.01. The van der Waals surface area contributed by atoms with Crippen molar-refractivity contribution in [1.82, 2.24) is 0 Å². The highest BCUT2D eigenvalue weighted by molar-refractivity contribution is 5.71. The maximum absolute atomic E-state index is 12.8. The summed E-state index contributed by atoms with van der Waals surface area (Å²) in [5.41, 5.74) is 0. The number of allylic oxidation sites excluding steroid dienone is 16. The number of ether oxygens (including phenoxy) is 3. The second-order valence-corrected chi connectivity index (χ2v) is 17.4. The van der Waals surface area contributed by atoms with Gasteiger partial charge in [0.25, 0.3) is 0 Å². The number of carbonyl (C=O) groups is 3. The molecule has 0 fully saturated rings. The molecule has 0 unspecified atom stereocenters. The molecule has 0 amide bonds. The van der Waals surface area contributed by atoms with E-state index in [1.165, 1.54) is 103 Å². The lowest BCUT2D eigenvalue weighted by Crippen LogP contribution is -2.30. The molecule has 0 saturated carbocycles. The smallest absolute Gasteiger partial charge is 0.306 e. The molecule has 0 rings (SSSR count). The molecule has 0 spiro atoms. The molecule has 0 heterocycles. The van der Waals surface area contributed by atoms with Gasteiger partial charge in [0.15, 0.2) is 6.10 Å². The van der Waals surface area contributed by atoms with Crippen molar-refractivity contribution in [3.63, 3.8) is 0 Å². The monoisotopic (exact) mass is 903 g/mol. The number of unbranched alkanes of at least 4 members (excludes halogenated alkanes) is 20. The molecular formula is C59H98O6. The van der Waals surface area contributed by atoms with Gasteiger partial charge in [0.2, 0.25) is 0 Å². The fourth-order valence-electron chi connectivity index (χ4n) is 7.07. The van der Waals surface area contributed by atoms with Gasteiger partial charge in [-0.1, -0.05) is 221 Å². The van der Waals surface area contributed by atoms with E-state index in [0.717, 1.165) is 83.5 Å². The second-order valence-electron chi connectivity index (χ2n) is 17.4. The van der Waals surface area contributed by atoms with Gasteiger partial charge in [-0.15, -0.1) is 0 Å². The van der Waals surface area contributed by atoms with Gasteiger partial charge in [-0.25, -0.2) is 0 Å². The fraction of sp³-hybridized carbons (Fsp3) is 0.678. The van der Waals surface area contributed by atoms with Gasteiger partial charge in [0.05, 0.1) is 0 Å². The lowest BCUT2D eigenvalue weighted by molar-refractivity contribution is -0.167. The maximum atomic E-state index is 12.8. The average molecular weight is 903 g/mol. The second kappa shape index (κ2) is 52.9. The molecule has 0 aromatic carbocycles. The van der Waals surface area contributed by atoms with Crippen LogP contribution in [0.2, 0.25) is 0 Å². The van der Waals surface area contributed by atoms with Crippen molar-refractivity contribution in [3.05, 3.63) is 97.2 Å². The molecular weight excluding hydrogens is 805 g/mol. The summed E-state index contributed by atoms with van der Waals surface area (Å²) >= 11 is 0. The topological polar surface area (TPSA) is 78.9 Å². The van der Waals surface area contributed by atoms with Crippen LogP contribution in [-0.2, 0) is 28.6 Å². The first kappa shape index (κ1) is 61.3. The van der Waals surface area contributed by atoms with Crippen molar-refractivity contribution >= 4 is 17.9 Å². The summed E-state index contributed by atoms with van der Waals surface area (Å²) in [7, 11) is 0. The Morgan fingerprint density at radius 1 is 0.323 bits per heavy atom. The van der Waals surface area contributed by atoms with Crippen molar-refractivity contribution in [2.75, 3.05) is 13.2 Å². The third kappa shape index (κ3) is 51.2. The Morgan fingerprint density at radius 2 is 0.615 bits per heavy atom. The van der Waals surface area contributed by atoms with Crippen molar-refractivity contribution in [1.29, 1.82) is 0 Å². The highest BCUT2D eigenvalue weighted by Crippen LogP contribution is 2.15. The maximum Gasteiger partial charge on any atom is 0.306 e. The fourth-order valence-corrected chi connectivity index (χ4v) is 7.07. The molecule has 0 aliphatic heterocycles. The average Bonchev–Trinajstić information content (AvgIpc) is 3.30. The zero-order valence-corrected chi connectivity index (χ0v) is 42.2. The Morgan fingerprint density at radius 3 is 1.03 bits per heavy atom. The molecule has 65 heavy (non-hydrogen) atoms. The predicted octanol–water partition coefficient (Wildman–Crippen LogP) is 17.8. The number of hydrogen-bond acceptors (Lipinski definition) is 6. The number of rotatable bonds is 47. The van der Waals surface area contributed by atoms with Crippen LogP contribution in [0.1, 0.15) is 239 Å². The molecule has 0 saturated heterocycles. The van der Waals surface area contributed by atoms with Crippen LogP contribution in [-0.4, -0.2) is 37.2 Å². The number of carbonyl (C=O) groups excluding carboxylic acids is 3. The van der Waals surface area contributed by atoms with E-state index in [2.05, 4.69) is 118 Å². The van der Waals surface area contributed by atoms with E-state index < -0.39 is 6.10 Å². The highest BCUT2D eigenvalue weighted by atomic mass is 16.6. The van der Waals surface area contributed by atoms with Crippen LogP contribution in [0.25, 0.3) is 0 Å². The zero-order valence-electron chi connectivity index (χ0n) is 42.2. The Bertz CT molecular complexity index is 1310. The summed E-state index contributed by atoms with van der Waals surface area (Å²) in [6.07, 6.45) is 69.7. The minimum atomic E-state index is -0.819. The quantitative estimate of drug-likeness (QED) is 0.0262. The van der Waals surface area contributed by atoms with E-state index in [0.29, 0.717) is 19.3 Å². The Labute approximate surface area is 400 Å². The van der Waals surface area contributed by atoms with Gasteiger partial charge in [0.1, 0.15) is 13.2 Å². The van der Waals surface area contributed by atoms with E-state index in [9.17, 15) is 14.4 Å². The van der Waals surface area contributed by atoms with Crippen LogP contribution in [0.5, 0.6) is 0 Å². The summed E-state index contributed by atoms with van der Waals surface area (Å²) in [5, 5.41) is 0. The van der Waals surface area contributed by atoms with Crippen molar-refractivity contribution in [2.45, 2.75) is 245 Å². The van der Waals surface area contributed by atoms with Crippen LogP contribution in [0.15, 0.2) is 97.2 Å². The van der Waals surface area contributed by atoms with E-state index in [1.54, 1.807) is 0 Å². The first-order chi connectivity index (χ1) is 32.0. The van der Waals surface area contributed by atoms with Gasteiger partial charge in [-0.3, -0.25) is 14.4 Å². The SMILES string of the molecule is CC/C=C\C/C=C\C/C=C\C/C=C\C/C=C\CCCC(=O)OC[C@H](COC(=O)CCCCCCCCCCCCCCCCC)OC(=O)CCCC/C=C\C/C=C\C/C=C\CCCCC. The molecule has 370 valence electrons. The van der Waals surface area contributed by atoms with Crippen LogP contribution < -0.4 is 0 Å². The lowest BCUT2D eigenvalue weighted by atomic mass is 10.0. The largest absolute Gasteiger partial charge is 0.462 e. The Balaban J connectivity index is 4.53. The minimum Gasteiger partial charge on any atom is -0.462 e. The van der Waals surface area contributed by atoms with Crippen LogP contribution in [0.4, 0.5) is 0 Å². The standard InChI is InChI=1S/C59H98O6/c1-4-7-10-13-16-19-22-25-28-29-32-34-37-40-43-46-49-52-58(61)64-55-56(65-59(62)53-50-47-44-41-38-35-31-27-24-21-18-15-12-9-6-3)54-63-57(60)51-48-45-42-39-36-33-30-26-23-20-17-14-11-8-5-2/h7,10,16,18-19,21,25,27-28,31-32,34,38,40-41,43,56H,4-6,8-9,11-15,17,20,22-24,26,29-30,33,35-37,39,42,44-55H2,1-3H3/b10-7-,19-16-,21-18-,28-25-,31-27-,34-32-,41-38-,43-40-/t56-/m0/s1. The van der Waals surface area contributed by atoms with Crippen molar-refractivity contribution in [3.8, 4) is 0 Å². The first-order valence-electron chi connectivity index (χ1n) is 26.7. The molecule has 0 N–H and O–H groups in total. The number of esters is 3. The van der Waals surface area contributed by atoms with Crippen molar-refractivity contribution < 1.29 is 28.6 Å². The molecule has 0 aliphatic rings. The third-order valence-electron chi connectivity index (χ3n) is 11.1. The van der Waals surface area contributed by atoms with Crippen LogP contribution in [0, 0.1) is 0 Å². The van der Waals surface area contributed by atoms with E-state index in [-0.39, 0.29) is 44.0 Å². The normalized spacial score (nSPS) is 12.8. The molecule has 6 heteroatoms. The van der Waals surface area contributed by atoms with Crippen molar-refractivity contribution in [2.24, 2.45) is 0 Å². The van der Waals surface area contributed by atoms with Crippen LogP contribution >= 0.6 is 0 Å². The molecule has 1 atom stereocenters. The molecule has 0 radical (unpaired) electrons. The third-order valence-corrected chi connectivity index (χ3v) is 11.1. The Hall–Kier alpha value is -3.67. The van der Waals surface area contributed by atoms with Gasteiger partial charge < -0.3 is 14.2 Å². The van der Waals surface area contributed by atoms with Crippen LogP contribution in [0.3, 0.4) is 0 Å². The summed E-state index contributed by atoms with van der Waals surface area (Å²) in [4.78, 5) is 38.0. The summed E-state index contributed by atoms with van der Waals surface area (Å²) < 4.78 is 16.7. The predicted molar refractivity (Wildman–Crippen MR) is 279 cm³/mol. The van der Waals surface area contributed by atoms with Gasteiger partial charge in [0, 0.05) is 19.3 Å². The molecule has 0 aliphatic carbocycles. The molecule has 0 aromatic rings. The summed E-state index contributed by atoms with van der Waals surface area (Å²) in [6.45, 7) is 6.41. The minimum absolute atomic E-state index is 0.110. The molecule has 0 bridgehead atoms. The number of hydrogen-bond donors (Lipinski definition) is 0.